The number of benzene rings is 3. The molecule has 8 heteroatoms. The maximum atomic E-state index is 13.1. The van der Waals surface area contributed by atoms with Crippen LogP contribution in [0.15, 0.2) is 90.0 Å². The number of hydrogen-bond acceptors (Lipinski definition) is 4. The third-order valence-corrected chi connectivity index (χ3v) is 6.50. The predicted octanol–water partition coefficient (Wildman–Crippen LogP) is 3.72. The number of aromatic nitrogens is 2. The van der Waals surface area contributed by atoms with Crippen LogP contribution in [-0.2, 0) is 22.9 Å². The Morgan fingerprint density at radius 3 is 2.21 bits per heavy atom. The Labute approximate surface area is 199 Å². The summed E-state index contributed by atoms with van der Waals surface area (Å²) in [4.78, 5) is 13.2. The van der Waals surface area contributed by atoms with Crippen LogP contribution in [0.1, 0.15) is 28.4 Å². The molecule has 0 aliphatic carbocycles. The lowest BCUT2D eigenvalue weighted by atomic mass is 10.0. The van der Waals surface area contributed by atoms with Crippen molar-refractivity contribution in [2.45, 2.75) is 24.7 Å². The van der Waals surface area contributed by atoms with Crippen molar-refractivity contribution in [3.63, 3.8) is 0 Å². The van der Waals surface area contributed by atoms with E-state index in [0.717, 1.165) is 23.2 Å². The molecular formula is C26H26N4O3S. The van der Waals surface area contributed by atoms with Gasteiger partial charge < -0.3 is 5.32 Å². The molecule has 1 heterocycles. The summed E-state index contributed by atoms with van der Waals surface area (Å²) in [6, 6.07) is 24.0. The van der Waals surface area contributed by atoms with Crippen molar-refractivity contribution in [2.24, 2.45) is 5.14 Å². The molecule has 0 saturated carbocycles. The van der Waals surface area contributed by atoms with E-state index in [0.29, 0.717) is 24.2 Å². The zero-order valence-electron chi connectivity index (χ0n) is 18.8. The number of nitrogens with zero attached hydrogens (tertiary/aromatic N) is 2. The highest BCUT2D eigenvalue weighted by Gasteiger charge is 2.18. The van der Waals surface area contributed by atoms with Crippen LogP contribution in [0.5, 0.6) is 0 Å². The third kappa shape index (κ3) is 5.41. The Bertz CT molecular complexity index is 1380. The van der Waals surface area contributed by atoms with Gasteiger partial charge in [0.05, 0.1) is 16.1 Å². The molecule has 0 fully saturated rings. The number of amides is 1. The fourth-order valence-electron chi connectivity index (χ4n) is 3.63. The largest absolute Gasteiger partial charge is 0.352 e. The molecule has 0 aliphatic rings. The number of para-hydroxylation sites is 1. The van der Waals surface area contributed by atoms with Crippen LogP contribution < -0.4 is 10.5 Å². The van der Waals surface area contributed by atoms with Gasteiger partial charge in [-0.05, 0) is 48.2 Å². The Balaban J connectivity index is 1.54. The van der Waals surface area contributed by atoms with Gasteiger partial charge in [-0.2, -0.15) is 5.10 Å². The van der Waals surface area contributed by atoms with Gasteiger partial charge >= 0.3 is 0 Å². The van der Waals surface area contributed by atoms with E-state index in [1.807, 2.05) is 54.6 Å². The summed E-state index contributed by atoms with van der Waals surface area (Å²) >= 11 is 0. The first-order valence-electron chi connectivity index (χ1n) is 11.0. The minimum absolute atomic E-state index is 0.0624. The number of aryl methyl sites for hydroxylation is 1. The lowest BCUT2D eigenvalue weighted by molar-refractivity contribution is 0.0954. The van der Waals surface area contributed by atoms with Crippen molar-refractivity contribution in [1.82, 2.24) is 15.1 Å². The van der Waals surface area contributed by atoms with Crippen LogP contribution in [-0.4, -0.2) is 30.7 Å². The summed E-state index contributed by atoms with van der Waals surface area (Å²) in [5.74, 6) is -0.224. The van der Waals surface area contributed by atoms with E-state index in [2.05, 4.69) is 12.2 Å². The van der Waals surface area contributed by atoms with Gasteiger partial charge in [-0.1, -0.05) is 61.5 Å². The molecule has 1 aromatic heterocycles. The summed E-state index contributed by atoms with van der Waals surface area (Å²) in [6.07, 6.45) is 3.23. The molecule has 3 aromatic carbocycles. The average molecular weight is 475 g/mol. The molecule has 0 bridgehead atoms. The van der Waals surface area contributed by atoms with E-state index in [-0.39, 0.29) is 10.8 Å². The van der Waals surface area contributed by atoms with Crippen molar-refractivity contribution in [3.05, 3.63) is 102 Å². The van der Waals surface area contributed by atoms with Gasteiger partial charge in [0.15, 0.2) is 0 Å². The molecule has 174 valence electrons. The quantitative estimate of drug-likeness (QED) is 0.406. The van der Waals surface area contributed by atoms with Gasteiger partial charge in [0.25, 0.3) is 5.91 Å². The second-order valence-corrected chi connectivity index (χ2v) is 9.48. The van der Waals surface area contributed by atoms with Gasteiger partial charge in [0, 0.05) is 18.3 Å². The number of nitrogens with one attached hydrogen (secondary N) is 1. The van der Waals surface area contributed by atoms with Crippen LogP contribution in [0.2, 0.25) is 0 Å². The monoisotopic (exact) mass is 474 g/mol. The normalized spacial score (nSPS) is 11.4. The number of nitrogens with two attached hydrogens (primary N) is 1. The first kappa shape index (κ1) is 23.4. The smallest absolute Gasteiger partial charge is 0.255 e. The average Bonchev–Trinajstić information content (AvgIpc) is 3.30. The Morgan fingerprint density at radius 2 is 1.59 bits per heavy atom. The van der Waals surface area contributed by atoms with Crippen molar-refractivity contribution in [2.75, 3.05) is 6.54 Å². The summed E-state index contributed by atoms with van der Waals surface area (Å²) in [7, 11) is -3.72. The molecule has 1 amide bonds. The summed E-state index contributed by atoms with van der Waals surface area (Å²) in [6.45, 7) is 2.48. The van der Waals surface area contributed by atoms with Crippen LogP contribution in [0.25, 0.3) is 16.9 Å². The van der Waals surface area contributed by atoms with Crippen molar-refractivity contribution in [1.29, 1.82) is 0 Å². The highest BCUT2D eigenvalue weighted by Crippen LogP contribution is 2.24. The van der Waals surface area contributed by atoms with Gasteiger partial charge in [0.1, 0.15) is 5.69 Å². The SMILES string of the molecule is CCc1ccc(-c2nn(-c3ccccc3)cc2C(=O)NCCc2ccc(S(N)(=O)=O)cc2)cc1. The van der Waals surface area contributed by atoms with Crippen LogP contribution >= 0.6 is 0 Å². The van der Waals surface area contributed by atoms with E-state index >= 15 is 0 Å². The second-order valence-electron chi connectivity index (χ2n) is 7.92. The highest BCUT2D eigenvalue weighted by molar-refractivity contribution is 7.89. The first-order chi connectivity index (χ1) is 16.3. The van der Waals surface area contributed by atoms with Gasteiger partial charge in [-0.3, -0.25) is 4.79 Å². The Kier molecular flexibility index (Phi) is 6.90. The molecule has 0 aliphatic heterocycles. The Morgan fingerprint density at radius 1 is 0.941 bits per heavy atom. The Hall–Kier alpha value is -3.75. The molecule has 0 unspecified atom stereocenters. The molecule has 4 rings (SSSR count). The number of carbonyl (C=O) groups is 1. The van der Waals surface area contributed by atoms with E-state index in [1.54, 1.807) is 23.0 Å². The van der Waals surface area contributed by atoms with E-state index in [1.165, 1.54) is 17.7 Å². The van der Waals surface area contributed by atoms with Crippen LogP contribution in [0.3, 0.4) is 0 Å². The standard InChI is InChI=1S/C26H26N4O3S/c1-2-19-8-12-21(13-9-19)25-24(18-30(29-25)22-6-4-3-5-7-22)26(31)28-17-16-20-10-14-23(15-11-20)34(27,32)33/h3-15,18H,2,16-17H2,1H3,(H,28,31)(H2,27,32,33). The fraction of sp³-hybridized carbons (Fsp3) is 0.154. The zero-order valence-corrected chi connectivity index (χ0v) is 19.6. The topological polar surface area (TPSA) is 107 Å². The number of primary sulfonamides is 1. The van der Waals surface area contributed by atoms with Gasteiger partial charge in [-0.15, -0.1) is 0 Å². The maximum Gasteiger partial charge on any atom is 0.255 e. The molecule has 4 aromatic rings. The van der Waals surface area contributed by atoms with E-state index in [4.69, 9.17) is 10.2 Å². The van der Waals surface area contributed by atoms with Gasteiger partial charge in [-0.25, -0.2) is 18.2 Å². The fourth-order valence-corrected chi connectivity index (χ4v) is 4.14. The molecular weight excluding hydrogens is 448 g/mol. The van der Waals surface area contributed by atoms with Crippen molar-refractivity contribution < 1.29 is 13.2 Å². The summed E-state index contributed by atoms with van der Waals surface area (Å²) < 4.78 is 24.5. The first-order valence-corrected chi connectivity index (χ1v) is 12.5. The van der Waals surface area contributed by atoms with Gasteiger partial charge in [0.2, 0.25) is 10.0 Å². The molecule has 0 radical (unpaired) electrons. The van der Waals surface area contributed by atoms with Crippen molar-refractivity contribution in [3.8, 4) is 16.9 Å². The number of rotatable bonds is 8. The van der Waals surface area contributed by atoms with E-state index in [9.17, 15) is 13.2 Å². The van der Waals surface area contributed by atoms with Crippen molar-refractivity contribution >= 4 is 15.9 Å². The number of carbonyl (C=O) groups excluding carboxylic acids is 1. The molecule has 34 heavy (non-hydrogen) atoms. The lowest BCUT2D eigenvalue weighted by Crippen LogP contribution is -2.26. The lowest BCUT2D eigenvalue weighted by Gasteiger charge is -2.07. The minimum atomic E-state index is -3.72. The third-order valence-electron chi connectivity index (χ3n) is 5.57. The summed E-state index contributed by atoms with van der Waals surface area (Å²) in [5.41, 5.74) is 4.94. The zero-order chi connectivity index (χ0) is 24.1. The van der Waals surface area contributed by atoms with E-state index < -0.39 is 10.0 Å². The molecule has 0 spiro atoms. The molecule has 0 atom stereocenters. The minimum Gasteiger partial charge on any atom is -0.352 e. The van der Waals surface area contributed by atoms with Crippen LogP contribution in [0.4, 0.5) is 0 Å². The number of sulfonamides is 1. The predicted molar refractivity (Wildman–Crippen MR) is 132 cm³/mol. The highest BCUT2D eigenvalue weighted by atomic mass is 32.2. The molecule has 3 N–H and O–H groups in total. The summed E-state index contributed by atoms with van der Waals surface area (Å²) in [5, 5.41) is 12.8. The molecule has 7 nitrogen and oxygen atoms in total. The maximum absolute atomic E-state index is 13.1. The number of hydrogen-bond donors (Lipinski definition) is 2. The molecule has 0 saturated heterocycles. The van der Waals surface area contributed by atoms with Crippen LogP contribution in [0, 0.1) is 0 Å². The second kappa shape index (κ2) is 10.0.